The second kappa shape index (κ2) is 7.65. The first-order valence-corrected chi connectivity index (χ1v) is 6.07. The van der Waals surface area contributed by atoms with Crippen LogP contribution < -0.4 is 9.47 Å². The largest absolute Gasteiger partial charge is 0.507 e. The van der Waals surface area contributed by atoms with Crippen molar-refractivity contribution in [3.63, 3.8) is 0 Å². The van der Waals surface area contributed by atoms with Gasteiger partial charge < -0.3 is 19.7 Å². The van der Waals surface area contributed by atoms with Gasteiger partial charge in [-0.1, -0.05) is 12.1 Å². The van der Waals surface area contributed by atoms with Gasteiger partial charge in [0.25, 0.3) is 0 Å². The number of hydrogen-bond acceptors (Lipinski definition) is 4. The molecule has 0 amide bonds. The van der Waals surface area contributed by atoms with Crippen LogP contribution in [-0.4, -0.2) is 22.8 Å². The van der Waals surface area contributed by atoms with Crippen molar-refractivity contribution in [3.8, 4) is 23.0 Å². The molecule has 3 rings (SSSR count). The number of phenols is 1. The van der Waals surface area contributed by atoms with Gasteiger partial charge in [-0.2, -0.15) is 0 Å². The van der Waals surface area contributed by atoms with Crippen LogP contribution in [-0.2, 0) is 19.5 Å². The molecule has 1 aliphatic heterocycles. The molecule has 1 aliphatic rings. The van der Waals surface area contributed by atoms with Gasteiger partial charge in [0.15, 0.2) is 11.5 Å². The third-order valence-corrected chi connectivity index (χ3v) is 2.54. The van der Waals surface area contributed by atoms with Crippen molar-refractivity contribution in [2.75, 3.05) is 6.61 Å². The maximum Gasteiger partial charge on any atom is 0.339 e. The molecule has 1 heterocycles. The molecule has 0 atom stereocenters. The van der Waals surface area contributed by atoms with Crippen molar-refractivity contribution in [2.45, 2.75) is 6.92 Å². The predicted molar refractivity (Wildman–Crippen MR) is 72.8 cm³/mol. The minimum absolute atomic E-state index is 0. The zero-order chi connectivity index (χ0) is 14.5. The van der Waals surface area contributed by atoms with E-state index in [4.69, 9.17) is 14.6 Å². The zero-order valence-electron chi connectivity index (χ0n) is 11.6. The van der Waals surface area contributed by atoms with Crippen LogP contribution in [0.4, 0.5) is 0 Å². The van der Waals surface area contributed by atoms with E-state index in [0.717, 1.165) is 11.5 Å². The molecule has 5 nitrogen and oxygen atoms in total. The molecule has 0 radical (unpaired) electrons. The fraction of sp³-hybridized carbons (Fsp3) is 0.133. The number of carbonyl (C=O) groups is 1. The maximum absolute atomic E-state index is 10.5. The SMILES string of the molecule is CCOc1ccc(C(=O)O)c(O)c1.[Zn].c1ccc2c(c1)O2. The first-order valence-electron chi connectivity index (χ1n) is 6.07. The Hall–Kier alpha value is -2.07. The maximum atomic E-state index is 10.5. The average molecular weight is 340 g/mol. The summed E-state index contributed by atoms with van der Waals surface area (Å²) in [4.78, 5) is 10.5. The third kappa shape index (κ3) is 4.76. The van der Waals surface area contributed by atoms with E-state index in [-0.39, 0.29) is 30.8 Å². The van der Waals surface area contributed by atoms with E-state index in [1.54, 1.807) is 0 Å². The fourth-order valence-corrected chi connectivity index (χ4v) is 1.56. The monoisotopic (exact) mass is 338 g/mol. The molecule has 0 bridgehead atoms. The number of fused-ring (bicyclic) bond motifs is 1. The molecule has 2 N–H and O–H groups in total. The summed E-state index contributed by atoms with van der Waals surface area (Å²) in [6, 6.07) is 11.9. The molecule has 2 aromatic carbocycles. The Morgan fingerprint density at radius 1 is 1.19 bits per heavy atom. The van der Waals surface area contributed by atoms with Crippen molar-refractivity contribution in [1.29, 1.82) is 0 Å². The molecule has 0 aromatic heterocycles. The Bertz CT molecular complexity index is 606. The smallest absolute Gasteiger partial charge is 0.339 e. The molecule has 0 saturated carbocycles. The standard InChI is InChI=1S/C9H10O4.C6H4O.Zn/c1-2-13-6-3-4-7(9(11)12)8(10)5-6;1-2-4-6-5(3-1)7-6;/h3-5,10H,2H2,1H3,(H,11,12);1-4H;. The topological polar surface area (TPSA) is 79.3 Å². The summed E-state index contributed by atoms with van der Waals surface area (Å²) < 4.78 is 10.0. The van der Waals surface area contributed by atoms with Crippen LogP contribution in [0.3, 0.4) is 0 Å². The molecule has 0 fully saturated rings. The number of ether oxygens (including phenoxy) is 2. The van der Waals surface area contributed by atoms with Crippen molar-refractivity contribution in [3.05, 3.63) is 48.0 Å². The second-order valence-electron chi connectivity index (χ2n) is 3.97. The molecule has 0 spiro atoms. The predicted octanol–water partition coefficient (Wildman–Crippen LogP) is 3.28. The van der Waals surface area contributed by atoms with E-state index in [1.165, 1.54) is 18.2 Å². The molecule has 6 heteroatoms. The summed E-state index contributed by atoms with van der Waals surface area (Å²) in [5, 5.41) is 17.8. The molecular formula is C15H14O5Zn. The first-order chi connectivity index (χ1) is 9.61. The van der Waals surface area contributed by atoms with E-state index in [2.05, 4.69) is 0 Å². The van der Waals surface area contributed by atoms with Crippen molar-refractivity contribution in [1.82, 2.24) is 0 Å². The molecular weight excluding hydrogens is 326 g/mol. The molecule has 21 heavy (non-hydrogen) atoms. The number of benzene rings is 2. The van der Waals surface area contributed by atoms with E-state index < -0.39 is 5.97 Å². The Kier molecular flexibility index (Phi) is 6.18. The van der Waals surface area contributed by atoms with Gasteiger partial charge in [-0.15, -0.1) is 0 Å². The summed E-state index contributed by atoms with van der Waals surface area (Å²) in [5.41, 5.74) is -0.122. The van der Waals surface area contributed by atoms with E-state index in [9.17, 15) is 9.90 Å². The van der Waals surface area contributed by atoms with E-state index in [1.807, 2.05) is 31.2 Å². The Morgan fingerprint density at radius 2 is 1.81 bits per heavy atom. The van der Waals surface area contributed by atoms with E-state index >= 15 is 0 Å². The van der Waals surface area contributed by atoms with Crippen LogP contribution in [0.2, 0.25) is 0 Å². The zero-order valence-corrected chi connectivity index (χ0v) is 14.5. The summed E-state index contributed by atoms with van der Waals surface area (Å²) in [7, 11) is 0. The van der Waals surface area contributed by atoms with Gasteiger partial charge in [-0.25, -0.2) is 4.79 Å². The summed E-state index contributed by atoms with van der Waals surface area (Å²) in [6.07, 6.45) is 0. The Labute approximate surface area is 134 Å². The summed E-state index contributed by atoms with van der Waals surface area (Å²) in [5.74, 6) is 1.09. The minimum atomic E-state index is -1.15. The minimum Gasteiger partial charge on any atom is -0.507 e. The normalized spacial score (nSPS) is 9.95. The molecule has 0 unspecified atom stereocenters. The third-order valence-electron chi connectivity index (χ3n) is 2.54. The van der Waals surface area contributed by atoms with Crippen LogP contribution in [0.5, 0.6) is 23.0 Å². The van der Waals surface area contributed by atoms with Gasteiger partial charge >= 0.3 is 5.97 Å². The molecule has 0 saturated heterocycles. The number of aromatic carboxylic acids is 1. The van der Waals surface area contributed by atoms with Crippen LogP contribution in [0.15, 0.2) is 42.5 Å². The quantitative estimate of drug-likeness (QED) is 0.565. The summed E-state index contributed by atoms with van der Waals surface area (Å²) in [6.45, 7) is 2.29. The molecule has 106 valence electrons. The van der Waals surface area contributed by atoms with Crippen molar-refractivity contribution >= 4 is 5.97 Å². The van der Waals surface area contributed by atoms with Crippen molar-refractivity contribution < 1.29 is 44.0 Å². The van der Waals surface area contributed by atoms with Gasteiger partial charge in [-0.3, -0.25) is 0 Å². The Balaban J connectivity index is 0.000000231. The van der Waals surface area contributed by atoms with Gasteiger partial charge in [0.05, 0.1) is 6.61 Å². The number of aromatic hydroxyl groups is 1. The summed E-state index contributed by atoms with van der Waals surface area (Å²) >= 11 is 0. The van der Waals surface area contributed by atoms with Crippen LogP contribution >= 0.6 is 0 Å². The van der Waals surface area contributed by atoms with Gasteiger partial charge in [0.1, 0.15) is 17.1 Å². The van der Waals surface area contributed by atoms with Gasteiger partial charge in [0.2, 0.25) is 0 Å². The van der Waals surface area contributed by atoms with Crippen LogP contribution in [0.25, 0.3) is 0 Å². The second-order valence-corrected chi connectivity index (χ2v) is 3.97. The molecule has 0 aliphatic carbocycles. The molecule has 2 aromatic rings. The number of para-hydroxylation sites is 2. The fourth-order valence-electron chi connectivity index (χ4n) is 1.56. The number of carboxylic acid groups (broad SMARTS) is 1. The van der Waals surface area contributed by atoms with Gasteiger partial charge in [0, 0.05) is 25.5 Å². The number of rotatable bonds is 3. The average Bonchev–Trinajstić information content (AvgIpc) is 3.18. The van der Waals surface area contributed by atoms with Crippen LogP contribution in [0.1, 0.15) is 17.3 Å². The first kappa shape index (κ1) is 17.0. The van der Waals surface area contributed by atoms with Crippen molar-refractivity contribution in [2.24, 2.45) is 0 Å². The van der Waals surface area contributed by atoms with E-state index in [0.29, 0.717) is 12.4 Å². The van der Waals surface area contributed by atoms with Gasteiger partial charge in [-0.05, 0) is 31.2 Å². The van der Waals surface area contributed by atoms with Crippen LogP contribution in [0, 0.1) is 0 Å². The Morgan fingerprint density at radius 3 is 2.24 bits per heavy atom. The number of carboxylic acids is 1. The number of hydrogen-bond donors (Lipinski definition) is 2.